The van der Waals surface area contributed by atoms with Crippen LogP contribution in [0, 0.1) is 0 Å². The van der Waals surface area contributed by atoms with Crippen molar-refractivity contribution in [2.45, 2.75) is 32.5 Å². The molecule has 2 aromatic rings. The summed E-state index contributed by atoms with van der Waals surface area (Å²) < 4.78 is 7.29. The van der Waals surface area contributed by atoms with Crippen LogP contribution in [0.4, 0.5) is 5.69 Å². The molecule has 4 rings (SSSR count). The summed E-state index contributed by atoms with van der Waals surface area (Å²) in [7, 11) is 0. The minimum atomic E-state index is -0.542. The first-order chi connectivity index (χ1) is 13.2. The van der Waals surface area contributed by atoms with E-state index in [2.05, 4.69) is 10.00 Å². The summed E-state index contributed by atoms with van der Waals surface area (Å²) in [5.74, 6) is 0.0357. The van der Waals surface area contributed by atoms with Crippen LogP contribution in [-0.4, -0.2) is 58.5 Å². The minimum absolute atomic E-state index is 0.0357. The Hall–Kier alpha value is -2.38. The molecule has 3 heterocycles. The Morgan fingerprint density at radius 2 is 1.93 bits per heavy atom. The second-order valence-corrected chi connectivity index (χ2v) is 7.08. The number of rotatable bonds is 4. The highest BCUT2D eigenvalue weighted by molar-refractivity contribution is 5.94. The van der Waals surface area contributed by atoms with Gasteiger partial charge in [-0.05, 0) is 36.8 Å². The molecule has 144 valence electrons. The molecule has 1 aromatic carbocycles. The molecule has 1 N–H and O–H groups in total. The first-order valence-electron chi connectivity index (χ1n) is 9.62. The molecule has 1 saturated heterocycles. The summed E-state index contributed by atoms with van der Waals surface area (Å²) in [4.78, 5) is 17.0. The fourth-order valence-electron chi connectivity index (χ4n) is 3.65. The van der Waals surface area contributed by atoms with E-state index in [1.807, 2.05) is 46.8 Å². The van der Waals surface area contributed by atoms with E-state index in [4.69, 9.17) is 4.74 Å². The van der Waals surface area contributed by atoms with Gasteiger partial charge in [0.25, 0.3) is 5.91 Å². The number of carbonyl (C=O) groups excluding carboxylic acids is 1. The Labute approximate surface area is 159 Å². The maximum Gasteiger partial charge on any atom is 0.254 e. The van der Waals surface area contributed by atoms with Crippen molar-refractivity contribution in [3.8, 4) is 0 Å². The molecule has 0 radical (unpaired) electrons. The number of fused-ring (bicyclic) bond motifs is 1. The summed E-state index contributed by atoms with van der Waals surface area (Å²) in [6, 6.07) is 9.76. The monoisotopic (exact) mass is 370 g/mol. The van der Waals surface area contributed by atoms with E-state index in [1.165, 1.54) is 0 Å². The second kappa shape index (κ2) is 7.70. The first kappa shape index (κ1) is 18.0. The summed E-state index contributed by atoms with van der Waals surface area (Å²) in [5, 5.41) is 14.5. The number of aromatic nitrogens is 2. The predicted molar refractivity (Wildman–Crippen MR) is 102 cm³/mol. The lowest BCUT2D eigenvalue weighted by Gasteiger charge is -2.29. The normalized spacial score (nSPS) is 18.3. The Balaban J connectivity index is 1.44. The first-order valence-corrected chi connectivity index (χ1v) is 9.62. The summed E-state index contributed by atoms with van der Waals surface area (Å²) in [6.07, 6.45) is 0.0918. The van der Waals surface area contributed by atoms with Gasteiger partial charge in [-0.2, -0.15) is 5.10 Å². The van der Waals surface area contributed by atoms with Crippen LogP contribution in [0.15, 0.2) is 30.3 Å². The van der Waals surface area contributed by atoms with E-state index in [-0.39, 0.29) is 5.91 Å². The molecule has 7 nitrogen and oxygen atoms in total. The quantitative estimate of drug-likeness (QED) is 0.889. The molecule has 2 aliphatic rings. The van der Waals surface area contributed by atoms with Gasteiger partial charge < -0.3 is 19.6 Å². The van der Waals surface area contributed by atoms with Crippen molar-refractivity contribution in [2.75, 3.05) is 37.7 Å². The summed E-state index contributed by atoms with van der Waals surface area (Å²) in [5.41, 5.74) is 3.50. The molecule has 2 aliphatic heterocycles. The predicted octanol–water partition coefficient (Wildman–Crippen LogP) is 1.82. The van der Waals surface area contributed by atoms with Crippen LogP contribution >= 0.6 is 0 Å². The number of morpholine rings is 1. The van der Waals surface area contributed by atoms with Gasteiger partial charge in [-0.15, -0.1) is 0 Å². The van der Waals surface area contributed by atoms with Crippen LogP contribution in [0.1, 0.15) is 41.2 Å². The van der Waals surface area contributed by atoms with Gasteiger partial charge in [0.05, 0.1) is 43.8 Å². The van der Waals surface area contributed by atoms with Crippen molar-refractivity contribution in [3.63, 3.8) is 0 Å². The van der Waals surface area contributed by atoms with Crippen molar-refractivity contribution in [1.82, 2.24) is 14.7 Å². The molecule has 1 aromatic heterocycles. The lowest BCUT2D eigenvalue weighted by atomic mass is 10.1. The maximum atomic E-state index is 12.9. The van der Waals surface area contributed by atoms with Crippen LogP contribution in [-0.2, 0) is 17.8 Å². The molecule has 0 saturated carbocycles. The summed E-state index contributed by atoms with van der Waals surface area (Å²) >= 11 is 0. The van der Waals surface area contributed by atoms with Crippen molar-refractivity contribution in [1.29, 1.82) is 0 Å². The zero-order valence-corrected chi connectivity index (χ0v) is 15.7. The lowest BCUT2D eigenvalue weighted by Crippen LogP contribution is -2.38. The van der Waals surface area contributed by atoms with Gasteiger partial charge in [0.2, 0.25) is 0 Å². The van der Waals surface area contributed by atoms with Gasteiger partial charge >= 0.3 is 0 Å². The Morgan fingerprint density at radius 1 is 1.19 bits per heavy atom. The van der Waals surface area contributed by atoms with E-state index >= 15 is 0 Å². The number of amides is 1. The number of aliphatic hydroxyl groups excluding tert-OH is 1. The number of nitrogens with zero attached hydrogens (tertiary/aromatic N) is 4. The fourth-order valence-corrected chi connectivity index (χ4v) is 3.65. The van der Waals surface area contributed by atoms with E-state index < -0.39 is 6.10 Å². The third kappa shape index (κ3) is 3.70. The Bertz CT molecular complexity index is 796. The largest absolute Gasteiger partial charge is 0.387 e. The molecule has 1 fully saturated rings. The number of benzene rings is 1. The van der Waals surface area contributed by atoms with Gasteiger partial charge in [0, 0.05) is 30.9 Å². The molecule has 1 unspecified atom stereocenters. The van der Waals surface area contributed by atoms with Crippen molar-refractivity contribution < 1.29 is 14.6 Å². The molecule has 1 atom stereocenters. The molecule has 7 heteroatoms. The van der Waals surface area contributed by atoms with Crippen molar-refractivity contribution in [2.24, 2.45) is 0 Å². The number of carbonyl (C=O) groups is 1. The highest BCUT2D eigenvalue weighted by Gasteiger charge is 2.24. The van der Waals surface area contributed by atoms with Gasteiger partial charge in [0.15, 0.2) is 0 Å². The van der Waals surface area contributed by atoms with Crippen LogP contribution in [0.25, 0.3) is 0 Å². The molecule has 0 spiro atoms. The fraction of sp³-hybridized carbons (Fsp3) is 0.500. The smallest absolute Gasteiger partial charge is 0.254 e. The summed E-state index contributed by atoms with van der Waals surface area (Å²) in [6.45, 7) is 7.00. The lowest BCUT2D eigenvalue weighted by molar-refractivity contribution is 0.0705. The highest BCUT2D eigenvalue weighted by Crippen LogP contribution is 2.22. The third-order valence-electron chi connectivity index (χ3n) is 5.32. The number of hydrogen-bond donors (Lipinski definition) is 1. The second-order valence-electron chi connectivity index (χ2n) is 7.08. The average Bonchev–Trinajstić information content (AvgIpc) is 3.17. The zero-order valence-electron chi connectivity index (χ0n) is 15.7. The van der Waals surface area contributed by atoms with Crippen LogP contribution in [0.3, 0.4) is 0 Å². The zero-order chi connectivity index (χ0) is 18.8. The van der Waals surface area contributed by atoms with E-state index in [0.717, 1.165) is 37.7 Å². The van der Waals surface area contributed by atoms with Crippen LogP contribution < -0.4 is 4.90 Å². The average molecular weight is 370 g/mol. The SMILES string of the molecule is CCC(O)c1cc2n(n1)CCN(C(=O)c1ccc(N3CCOCC3)cc1)C2. The third-order valence-corrected chi connectivity index (χ3v) is 5.32. The standard InChI is InChI=1S/C20H26N4O3/c1-2-19(25)18-13-17-14-23(7-8-24(17)21-18)20(26)15-3-5-16(6-4-15)22-9-11-27-12-10-22/h3-6,13,19,25H,2,7-12,14H2,1H3. The van der Waals surface area contributed by atoms with Crippen molar-refractivity contribution >= 4 is 11.6 Å². The molecular weight excluding hydrogens is 344 g/mol. The van der Waals surface area contributed by atoms with E-state index in [1.54, 1.807) is 0 Å². The van der Waals surface area contributed by atoms with Crippen LogP contribution in [0.2, 0.25) is 0 Å². The van der Waals surface area contributed by atoms with Gasteiger partial charge in [-0.25, -0.2) is 0 Å². The topological polar surface area (TPSA) is 70.8 Å². The minimum Gasteiger partial charge on any atom is -0.387 e. The Morgan fingerprint density at radius 3 is 2.63 bits per heavy atom. The molecule has 0 aliphatic carbocycles. The van der Waals surface area contributed by atoms with Gasteiger partial charge in [-0.3, -0.25) is 9.48 Å². The van der Waals surface area contributed by atoms with Crippen LogP contribution in [0.5, 0.6) is 0 Å². The molecule has 27 heavy (non-hydrogen) atoms. The van der Waals surface area contributed by atoms with Gasteiger partial charge in [0.1, 0.15) is 0 Å². The Kier molecular flexibility index (Phi) is 5.13. The molecule has 1 amide bonds. The molecule has 0 bridgehead atoms. The number of hydrogen-bond acceptors (Lipinski definition) is 5. The number of aliphatic hydroxyl groups is 1. The maximum absolute atomic E-state index is 12.9. The number of ether oxygens (including phenoxy) is 1. The number of anilines is 1. The molecular formula is C20H26N4O3. The van der Waals surface area contributed by atoms with E-state index in [9.17, 15) is 9.90 Å². The van der Waals surface area contributed by atoms with Gasteiger partial charge in [-0.1, -0.05) is 6.92 Å². The van der Waals surface area contributed by atoms with Crippen molar-refractivity contribution in [3.05, 3.63) is 47.3 Å². The highest BCUT2D eigenvalue weighted by atomic mass is 16.5. The van der Waals surface area contributed by atoms with E-state index in [0.29, 0.717) is 37.3 Å².